The molecule has 2 fully saturated rings. The molecule has 2 aliphatic heterocycles. The van der Waals surface area contributed by atoms with E-state index in [-0.39, 0.29) is 6.61 Å². The van der Waals surface area contributed by atoms with Crippen LogP contribution in [-0.4, -0.2) is 48.7 Å². The van der Waals surface area contributed by atoms with Crippen molar-refractivity contribution in [1.82, 2.24) is 0 Å². The average molecular weight is 379 g/mol. The minimum Gasteiger partial charge on any atom is -0.483 e. The summed E-state index contributed by atoms with van der Waals surface area (Å²) < 4.78 is 27.6. The molecule has 8 heteroatoms. The Labute approximate surface area is 137 Å². The summed E-state index contributed by atoms with van der Waals surface area (Å²) >= 11 is 3.17. The predicted molar refractivity (Wildman–Crippen MR) is 77.9 cm³/mol. The molecule has 22 heavy (non-hydrogen) atoms. The van der Waals surface area contributed by atoms with Gasteiger partial charge in [0.1, 0.15) is 11.9 Å². The van der Waals surface area contributed by atoms with Crippen LogP contribution in [0.5, 0.6) is 0 Å². The highest BCUT2D eigenvalue weighted by Gasteiger charge is 2.53. The van der Waals surface area contributed by atoms with Crippen molar-refractivity contribution in [1.29, 1.82) is 0 Å². The summed E-state index contributed by atoms with van der Waals surface area (Å²) in [7, 11) is 0. The van der Waals surface area contributed by atoms with Crippen molar-refractivity contribution in [2.45, 2.75) is 57.9 Å². The maximum Gasteiger partial charge on any atom is 0.303 e. The lowest BCUT2D eigenvalue weighted by Gasteiger charge is -2.25. The topological polar surface area (TPSA) is 80.3 Å². The monoisotopic (exact) mass is 378 g/mol. The second kappa shape index (κ2) is 6.55. The number of carbonyl (C=O) groups excluding carboxylic acids is 2. The molecular weight excluding hydrogens is 360 g/mol. The van der Waals surface area contributed by atoms with Crippen LogP contribution in [-0.2, 0) is 33.3 Å². The molecule has 0 aromatic carbocycles. The second-order valence-corrected chi connectivity index (χ2v) is 6.02. The SMILES string of the molecule is CC(=O)O[C@H]1[C@@H]([C@H]2COC(C)(C)O2)O/C(=C\Br)[C@@H]1OC(C)=O. The minimum atomic E-state index is -0.821. The van der Waals surface area contributed by atoms with Gasteiger partial charge >= 0.3 is 11.9 Å². The van der Waals surface area contributed by atoms with Crippen molar-refractivity contribution in [3.8, 4) is 0 Å². The highest BCUT2D eigenvalue weighted by atomic mass is 79.9. The number of halogens is 1. The molecule has 0 amide bonds. The van der Waals surface area contributed by atoms with Gasteiger partial charge in [-0.25, -0.2) is 0 Å². The second-order valence-electron chi connectivity index (χ2n) is 5.57. The Balaban J connectivity index is 2.24. The molecule has 4 atom stereocenters. The van der Waals surface area contributed by atoms with E-state index in [2.05, 4.69) is 15.9 Å². The van der Waals surface area contributed by atoms with Crippen molar-refractivity contribution >= 4 is 27.9 Å². The Morgan fingerprint density at radius 3 is 2.36 bits per heavy atom. The van der Waals surface area contributed by atoms with Crippen LogP contribution >= 0.6 is 15.9 Å². The summed E-state index contributed by atoms with van der Waals surface area (Å²) in [6.45, 7) is 6.43. The zero-order valence-corrected chi connectivity index (χ0v) is 14.4. The van der Waals surface area contributed by atoms with Crippen LogP contribution in [0.3, 0.4) is 0 Å². The number of carbonyl (C=O) groups is 2. The summed E-state index contributed by atoms with van der Waals surface area (Å²) in [6.07, 6.45) is -2.69. The third-order valence-corrected chi connectivity index (χ3v) is 3.73. The molecular formula is C14H19BrO7. The Kier molecular flexibility index (Phi) is 5.14. The molecule has 2 heterocycles. The van der Waals surface area contributed by atoms with Crippen molar-refractivity contribution in [2.75, 3.05) is 6.61 Å². The van der Waals surface area contributed by atoms with Crippen LogP contribution in [0.15, 0.2) is 10.7 Å². The van der Waals surface area contributed by atoms with Gasteiger partial charge in [0, 0.05) is 18.8 Å². The zero-order chi connectivity index (χ0) is 16.5. The van der Waals surface area contributed by atoms with Gasteiger partial charge in [-0.05, 0) is 13.8 Å². The first-order valence-corrected chi connectivity index (χ1v) is 7.78. The third-order valence-electron chi connectivity index (χ3n) is 3.27. The van der Waals surface area contributed by atoms with E-state index in [4.69, 9.17) is 23.7 Å². The van der Waals surface area contributed by atoms with Gasteiger partial charge in [-0.1, -0.05) is 15.9 Å². The van der Waals surface area contributed by atoms with E-state index in [1.807, 2.05) is 0 Å². The standard InChI is InChI=1S/C14H19BrO7/c1-7(16)19-11-9(5-15)21-12(13(11)20-8(2)17)10-6-18-14(3,4)22-10/h5,10-13H,6H2,1-4H3/b9-5-/t10-,11+,12-,13-/m1/s1. The maximum atomic E-state index is 11.4. The first-order valence-electron chi connectivity index (χ1n) is 6.86. The van der Waals surface area contributed by atoms with Crippen molar-refractivity contribution in [3.05, 3.63) is 10.7 Å². The fourth-order valence-corrected chi connectivity index (χ4v) is 2.87. The molecule has 0 saturated carbocycles. The van der Waals surface area contributed by atoms with Crippen LogP contribution in [0, 0.1) is 0 Å². The van der Waals surface area contributed by atoms with Gasteiger partial charge in [-0.15, -0.1) is 0 Å². The first-order chi connectivity index (χ1) is 10.2. The lowest BCUT2D eigenvalue weighted by atomic mass is 10.1. The van der Waals surface area contributed by atoms with Gasteiger partial charge in [-0.3, -0.25) is 9.59 Å². The molecule has 2 aliphatic rings. The van der Waals surface area contributed by atoms with Crippen molar-refractivity contribution in [3.63, 3.8) is 0 Å². The number of ether oxygens (including phenoxy) is 5. The normalized spacial score (nSPS) is 35.2. The fourth-order valence-electron chi connectivity index (χ4n) is 2.50. The Bertz CT molecular complexity index is 488. The van der Waals surface area contributed by atoms with E-state index in [9.17, 15) is 9.59 Å². The molecule has 0 bridgehead atoms. The van der Waals surface area contributed by atoms with Gasteiger partial charge in [0.25, 0.3) is 0 Å². The molecule has 2 rings (SSSR count). The summed E-state index contributed by atoms with van der Waals surface area (Å²) in [5.41, 5.74) is 0. The van der Waals surface area contributed by atoms with Crippen LogP contribution < -0.4 is 0 Å². The lowest BCUT2D eigenvalue weighted by Crippen LogP contribution is -2.44. The van der Waals surface area contributed by atoms with E-state index in [1.165, 1.54) is 18.8 Å². The Hall–Kier alpha value is -1.12. The van der Waals surface area contributed by atoms with Gasteiger partial charge in [0.05, 0.1) is 6.61 Å². The molecule has 0 radical (unpaired) electrons. The number of esters is 2. The minimum absolute atomic E-state index is 0.289. The molecule has 124 valence electrons. The van der Waals surface area contributed by atoms with E-state index < -0.39 is 42.1 Å². The molecule has 0 aliphatic carbocycles. The summed E-state index contributed by atoms with van der Waals surface area (Å²) in [4.78, 5) is 24.2. The van der Waals surface area contributed by atoms with E-state index in [1.54, 1.807) is 13.8 Å². The molecule has 0 unspecified atom stereocenters. The summed E-state index contributed by atoms with van der Waals surface area (Å²) in [5.74, 6) is -1.38. The van der Waals surface area contributed by atoms with E-state index >= 15 is 0 Å². The smallest absolute Gasteiger partial charge is 0.303 e. The third kappa shape index (κ3) is 3.80. The van der Waals surface area contributed by atoms with Crippen LogP contribution in [0.25, 0.3) is 0 Å². The summed E-state index contributed by atoms with van der Waals surface area (Å²) in [5, 5.41) is 0. The molecule has 0 aromatic heterocycles. The number of hydrogen-bond donors (Lipinski definition) is 0. The van der Waals surface area contributed by atoms with Gasteiger partial charge in [0.2, 0.25) is 0 Å². The van der Waals surface area contributed by atoms with Gasteiger partial charge in [0.15, 0.2) is 24.1 Å². The number of rotatable bonds is 3. The molecule has 0 spiro atoms. The predicted octanol–water partition coefficient (Wildman–Crippen LogP) is 1.64. The average Bonchev–Trinajstić information content (AvgIpc) is 2.90. The number of hydrogen-bond acceptors (Lipinski definition) is 7. The van der Waals surface area contributed by atoms with Gasteiger partial charge in [-0.2, -0.15) is 0 Å². The van der Waals surface area contributed by atoms with Crippen LogP contribution in [0.1, 0.15) is 27.7 Å². The maximum absolute atomic E-state index is 11.4. The molecule has 0 aromatic rings. The van der Waals surface area contributed by atoms with Crippen molar-refractivity contribution < 1.29 is 33.3 Å². The quantitative estimate of drug-likeness (QED) is 0.690. The molecule has 2 saturated heterocycles. The molecule has 0 N–H and O–H groups in total. The summed E-state index contributed by atoms with van der Waals surface area (Å²) in [6, 6.07) is 0. The zero-order valence-electron chi connectivity index (χ0n) is 12.8. The van der Waals surface area contributed by atoms with Crippen molar-refractivity contribution in [2.24, 2.45) is 0 Å². The fraction of sp³-hybridized carbons (Fsp3) is 0.714. The van der Waals surface area contributed by atoms with Crippen LogP contribution in [0.4, 0.5) is 0 Å². The van der Waals surface area contributed by atoms with E-state index in [0.29, 0.717) is 5.76 Å². The lowest BCUT2D eigenvalue weighted by molar-refractivity contribution is -0.173. The first kappa shape index (κ1) is 17.2. The Morgan fingerprint density at radius 1 is 1.27 bits per heavy atom. The largest absolute Gasteiger partial charge is 0.483 e. The van der Waals surface area contributed by atoms with Crippen LogP contribution in [0.2, 0.25) is 0 Å². The molecule has 7 nitrogen and oxygen atoms in total. The van der Waals surface area contributed by atoms with Gasteiger partial charge < -0.3 is 23.7 Å². The highest BCUT2D eigenvalue weighted by molar-refractivity contribution is 9.11. The highest BCUT2D eigenvalue weighted by Crippen LogP contribution is 2.37. The Morgan fingerprint density at radius 2 is 1.91 bits per heavy atom. The van der Waals surface area contributed by atoms with E-state index in [0.717, 1.165) is 0 Å².